The summed E-state index contributed by atoms with van der Waals surface area (Å²) in [5.74, 6) is -0.303. The molecule has 0 aliphatic heterocycles. The highest BCUT2D eigenvalue weighted by atomic mass is 16.5. The summed E-state index contributed by atoms with van der Waals surface area (Å²) in [6.45, 7) is 13.1. The lowest BCUT2D eigenvalue weighted by Gasteiger charge is -2.14. The Morgan fingerprint density at radius 2 is 2.12 bits per heavy atom. The van der Waals surface area contributed by atoms with Gasteiger partial charge in [0.2, 0.25) is 0 Å². The van der Waals surface area contributed by atoms with E-state index in [0.29, 0.717) is 0 Å². The molecule has 0 heterocycles. The topological polar surface area (TPSA) is 26.3 Å². The summed E-state index contributed by atoms with van der Waals surface area (Å²) < 4.78 is 5.33. The van der Waals surface area contributed by atoms with E-state index < -0.39 is 0 Å². The van der Waals surface area contributed by atoms with E-state index in [1.54, 1.807) is 6.08 Å². The summed E-state index contributed by atoms with van der Waals surface area (Å²) in [6, 6.07) is 0. The molecule has 0 aromatic carbocycles. The van der Waals surface area contributed by atoms with E-state index in [4.69, 9.17) is 4.74 Å². The van der Waals surface area contributed by atoms with Crippen molar-refractivity contribution in [2.75, 3.05) is 0 Å². The van der Waals surface area contributed by atoms with E-state index in [0.717, 1.165) is 22.3 Å². The fourth-order valence-corrected chi connectivity index (χ4v) is 1.85. The van der Waals surface area contributed by atoms with Crippen molar-refractivity contribution in [1.82, 2.24) is 0 Å². The predicted molar refractivity (Wildman–Crippen MR) is 70.5 cm³/mol. The van der Waals surface area contributed by atoms with Crippen LogP contribution in [0.1, 0.15) is 20.8 Å². The first-order valence-electron chi connectivity index (χ1n) is 5.55. The SMILES string of the molecule is C=CC1=C(C)C(=C)/C(=C\C=C/C)C1OC(C)=O. The van der Waals surface area contributed by atoms with Crippen LogP contribution >= 0.6 is 0 Å². The molecular formula is C15H18O2. The minimum atomic E-state index is -0.367. The van der Waals surface area contributed by atoms with E-state index >= 15 is 0 Å². The summed E-state index contributed by atoms with van der Waals surface area (Å²) >= 11 is 0. The van der Waals surface area contributed by atoms with E-state index in [9.17, 15) is 4.79 Å². The van der Waals surface area contributed by atoms with Gasteiger partial charge in [-0.3, -0.25) is 4.79 Å². The van der Waals surface area contributed by atoms with E-state index in [1.807, 2.05) is 32.1 Å². The monoisotopic (exact) mass is 230 g/mol. The van der Waals surface area contributed by atoms with Gasteiger partial charge in [0.25, 0.3) is 0 Å². The van der Waals surface area contributed by atoms with Crippen LogP contribution in [0.25, 0.3) is 0 Å². The normalized spacial score (nSPS) is 22.6. The number of hydrogen-bond acceptors (Lipinski definition) is 2. The molecule has 17 heavy (non-hydrogen) atoms. The fraction of sp³-hybridized carbons (Fsp3) is 0.267. The highest BCUT2D eigenvalue weighted by molar-refractivity contribution is 5.70. The van der Waals surface area contributed by atoms with Crippen LogP contribution in [0.3, 0.4) is 0 Å². The molecule has 1 rings (SSSR count). The first-order chi connectivity index (χ1) is 8.02. The molecule has 0 aromatic heterocycles. The number of esters is 1. The summed E-state index contributed by atoms with van der Waals surface area (Å²) in [5.41, 5.74) is 3.78. The Bertz CT molecular complexity index is 448. The highest BCUT2D eigenvalue weighted by Gasteiger charge is 2.31. The summed E-state index contributed by atoms with van der Waals surface area (Å²) in [6.07, 6.45) is 7.12. The predicted octanol–water partition coefficient (Wildman–Crippen LogP) is 3.49. The highest BCUT2D eigenvalue weighted by Crippen LogP contribution is 2.37. The van der Waals surface area contributed by atoms with Crippen molar-refractivity contribution in [3.63, 3.8) is 0 Å². The Labute approximate surface area is 103 Å². The fourth-order valence-electron chi connectivity index (χ4n) is 1.85. The summed E-state index contributed by atoms with van der Waals surface area (Å²) in [5, 5.41) is 0. The molecule has 1 atom stereocenters. The molecule has 1 aliphatic carbocycles. The minimum absolute atomic E-state index is 0.303. The van der Waals surface area contributed by atoms with Crippen molar-refractivity contribution in [2.45, 2.75) is 26.9 Å². The number of carbonyl (C=O) groups is 1. The van der Waals surface area contributed by atoms with Crippen molar-refractivity contribution in [1.29, 1.82) is 0 Å². The third kappa shape index (κ3) is 2.64. The van der Waals surface area contributed by atoms with Gasteiger partial charge >= 0.3 is 5.97 Å². The van der Waals surface area contributed by atoms with E-state index in [2.05, 4.69) is 13.2 Å². The lowest BCUT2D eigenvalue weighted by molar-refractivity contribution is -0.142. The molecule has 0 amide bonds. The first kappa shape index (κ1) is 13.2. The smallest absolute Gasteiger partial charge is 0.303 e. The standard InChI is InChI=1S/C15H18O2/c1-6-8-9-14-11(4)10(3)13(7-2)15(14)17-12(5)16/h6-9,15H,2,4H2,1,3,5H3/b8-6-,14-9+. The molecule has 0 saturated heterocycles. The van der Waals surface area contributed by atoms with Gasteiger partial charge in [-0.2, -0.15) is 0 Å². The average Bonchev–Trinajstić information content (AvgIpc) is 2.49. The van der Waals surface area contributed by atoms with Crippen molar-refractivity contribution in [2.24, 2.45) is 0 Å². The van der Waals surface area contributed by atoms with Crippen molar-refractivity contribution in [3.8, 4) is 0 Å². The molecule has 0 bridgehead atoms. The first-order valence-corrected chi connectivity index (χ1v) is 5.55. The van der Waals surface area contributed by atoms with Gasteiger partial charge in [-0.15, -0.1) is 0 Å². The maximum atomic E-state index is 11.1. The maximum absolute atomic E-state index is 11.1. The quantitative estimate of drug-likeness (QED) is 0.694. The Kier molecular flexibility index (Phi) is 4.27. The van der Waals surface area contributed by atoms with Gasteiger partial charge in [-0.05, 0) is 30.6 Å². The molecule has 0 N–H and O–H groups in total. The number of allylic oxidation sites excluding steroid dienone is 4. The van der Waals surface area contributed by atoms with Crippen molar-refractivity contribution < 1.29 is 9.53 Å². The summed E-state index contributed by atoms with van der Waals surface area (Å²) in [4.78, 5) is 11.1. The van der Waals surface area contributed by atoms with Crippen LogP contribution in [-0.2, 0) is 9.53 Å². The molecule has 0 aromatic rings. The van der Waals surface area contributed by atoms with Crippen molar-refractivity contribution >= 4 is 5.97 Å². The second kappa shape index (κ2) is 5.48. The molecule has 1 unspecified atom stereocenters. The lowest BCUT2D eigenvalue weighted by Crippen LogP contribution is -2.17. The molecular weight excluding hydrogens is 212 g/mol. The van der Waals surface area contributed by atoms with Crippen LogP contribution in [0.4, 0.5) is 0 Å². The van der Waals surface area contributed by atoms with Gasteiger partial charge < -0.3 is 4.74 Å². The van der Waals surface area contributed by atoms with Crippen LogP contribution in [0.2, 0.25) is 0 Å². The number of rotatable bonds is 3. The zero-order chi connectivity index (χ0) is 13.0. The van der Waals surface area contributed by atoms with E-state index in [-0.39, 0.29) is 12.1 Å². The molecule has 90 valence electrons. The van der Waals surface area contributed by atoms with Gasteiger partial charge in [-0.1, -0.05) is 37.5 Å². The maximum Gasteiger partial charge on any atom is 0.303 e. The average molecular weight is 230 g/mol. The number of ether oxygens (including phenoxy) is 1. The van der Waals surface area contributed by atoms with Gasteiger partial charge in [0, 0.05) is 12.5 Å². The zero-order valence-corrected chi connectivity index (χ0v) is 10.6. The third-order valence-corrected chi connectivity index (χ3v) is 2.77. The molecule has 0 spiro atoms. The molecule has 0 fully saturated rings. The Hall–Kier alpha value is -1.83. The number of hydrogen-bond donors (Lipinski definition) is 0. The minimum Gasteiger partial charge on any atom is -0.453 e. The molecule has 0 radical (unpaired) electrons. The lowest BCUT2D eigenvalue weighted by atomic mass is 10.1. The van der Waals surface area contributed by atoms with E-state index in [1.165, 1.54) is 6.92 Å². The van der Waals surface area contributed by atoms with Gasteiger partial charge in [0.1, 0.15) is 0 Å². The Morgan fingerprint density at radius 3 is 2.59 bits per heavy atom. The van der Waals surface area contributed by atoms with Crippen molar-refractivity contribution in [3.05, 3.63) is 59.8 Å². The van der Waals surface area contributed by atoms with Crippen LogP contribution < -0.4 is 0 Å². The van der Waals surface area contributed by atoms with Gasteiger partial charge in [0.05, 0.1) is 0 Å². The largest absolute Gasteiger partial charge is 0.453 e. The number of carbonyl (C=O) groups excluding carboxylic acids is 1. The molecule has 2 heteroatoms. The third-order valence-electron chi connectivity index (χ3n) is 2.77. The molecule has 1 aliphatic rings. The molecule has 0 saturated carbocycles. The van der Waals surface area contributed by atoms with Crippen LogP contribution in [0, 0.1) is 0 Å². The van der Waals surface area contributed by atoms with Gasteiger partial charge in [-0.25, -0.2) is 0 Å². The van der Waals surface area contributed by atoms with Gasteiger partial charge in [0.15, 0.2) is 6.10 Å². The van der Waals surface area contributed by atoms with Crippen LogP contribution in [0.15, 0.2) is 59.8 Å². The second-order valence-corrected chi connectivity index (χ2v) is 3.90. The summed E-state index contributed by atoms with van der Waals surface area (Å²) in [7, 11) is 0. The zero-order valence-electron chi connectivity index (χ0n) is 10.6. The van der Waals surface area contributed by atoms with Crippen LogP contribution in [0.5, 0.6) is 0 Å². The molecule has 2 nitrogen and oxygen atoms in total. The van der Waals surface area contributed by atoms with Crippen LogP contribution in [-0.4, -0.2) is 12.1 Å². The second-order valence-electron chi connectivity index (χ2n) is 3.90. The Morgan fingerprint density at radius 1 is 1.47 bits per heavy atom. The Balaban J connectivity index is 3.20.